The van der Waals surface area contributed by atoms with Crippen LogP contribution in [0.2, 0.25) is 0 Å². The van der Waals surface area contributed by atoms with Gasteiger partial charge in [-0.15, -0.1) is 0 Å². The number of amides is 2. The van der Waals surface area contributed by atoms with Crippen molar-refractivity contribution in [2.45, 2.75) is 19.0 Å². The highest BCUT2D eigenvalue weighted by Gasteiger charge is 2.24. The summed E-state index contributed by atoms with van der Waals surface area (Å²) >= 11 is 0. The zero-order valence-electron chi connectivity index (χ0n) is 15.4. The molecule has 1 aliphatic heterocycles. The molecular weight excluding hydrogens is 347 g/mol. The van der Waals surface area contributed by atoms with Gasteiger partial charge < -0.3 is 15.4 Å². The molecule has 1 aromatic carbocycles. The van der Waals surface area contributed by atoms with Crippen LogP contribution in [-0.4, -0.2) is 48.8 Å². The highest BCUT2D eigenvalue weighted by molar-refractivity contribution is 5.74. The molecule has 2 atom stereocenters. The maximum Gasteiger partial charge on any atom is 0.315 e. The largest absolute Gasteiger partial charge is 0.379 e. The molecule has 0 saturated carbocycles. The minimum Gasteiger partial charge on any atom is -0.379 e. The predicted octanol–water partition coefficient (Wildman–Crippen LogP) is 2.65. The van der Waals surface area contributed by atoms with Gasteiger partial charge >= 0.3 is 6.03 Å². The molecule has 1 fully saturated rings. The van der Waals surface area contributed by atoms with E-state index in [4.69, 9.17) is 4.74 Å². The molecule has 0 bridgehead atoms. The lowest BCUT2D eigenvalue weighted by Crippen LogP contribution is -2.46. The van der Waals surface area contributed by atoms with Crippen LogP contribution in [0.3, 0.4) is 0 Å². The van der Waals surface area contributed by atoms with E-state index in [1.807, 2.05) is 31.2 Å². The van der Waals surface area contributed by atoms with E-state index in [2.05, 4.69) is 20.5 Å². The summed E-state index contributed by atoms with van der Waals surface area (Å²) in [5.74, 6) is -0.279. The van der Waals surface area contributed by atoms with Gasteiger partial charge in [-0.3, -0.25) is 9.88 Å². The fourth-order valence-corrected chi connectivity index (χ4v) is 3.20. The molecule has 1 saturated heterocycles. The molecular formula is C20H25FN4O2. The second kappa shape index (κ2) is 9.43. The number of urea groups is 1. The Morgan fingerprint density at radius 3 is 2.78 bits per heavy atom. The van der Waals surface area contributed by atoms with Gasteiger partial charge in [0, 0.05) is 25.8 Å². The van der Waals surface area contributed by atoms with Crippen LogP contribution >= 0.6 is 0 Å². The molecule has 7 heteroatoms. The lowest BCUT2D eigenvalue weighted by atomic mass is 10.0. The first-order valence-electron chi connectivity index (χ1n) is 9.16. The van der Waals surface area contributed by atoms with Gasteiger partial charge in [0.1, 0.15) is 5.82 Å². The van der Waals surface area contributed by atoms with Crippen molar-refractivity contribution in [1.29, 1.82) is 0 Å². The van der Waals surface area contributed by atoms with Crippen LogP contribution in [0.5, 0.6) is 0 Å². The summed E-state index contributed by atoms with van der Waals surface area (Å²) < 4.78 is 19.1. The van der Waals surface area contributed by atoms with Gasteiger partial charge in [-0.2, -0.15) is 0 Å². The number of carbonyl (C=O) groups is 1. The number of hydrogen-bond donors (Lipinski definition) is 2. The quantitative estimate of drug-likeness (QED) is 0.818. The average Bonchev–Trinajstić information content (AvgIpc) is 2.70. The van der Waals surface area contributed by atoms with Crippen molar-refractivity contribution in [3.8, 4) is 0 Å². The maximum atomic E-state index is 13.7. The summed E-state index contributed by atoms with van der Waals surface area (Å²) in [5, 5.41) is 5.80. The number of morpholine rings is 1. The summed E-state index contributed by atoms with van der Waals surface area (Å²) in [6.45, 7) is 5.02. The third-order valence-electron chi connectivity index (χ3n) is 4.65. The van der Waals surface area contributed by atoms with Crippen LogP contribution in [0.15, 0.2) is 48.7 Å². The summed E-state index contributed by atoms with van der Waals surface area (Å²) in [6.07, 6.45) is 1.70. The van der Waals surface area contributed by atoms with E-state index in [0.29, 0.717) is 19.8 Å². The first-order valence-corrected chi connectivity index (χ1v) is 9.16. The van der Waals surface area contributed by atoms with Crippen molar-refractivity contribution in [2.24, 2.45) is 0 Å². The van der Waals surface area contributed by atoms with Crippen LogP contribution < -0.4 is 10.6 Å². The smallest absolute Gasteiger partial charge is 0.315 e. The zero-order valence-corrected chi connectivity index (χ0v) is 15.4. The molecule has 2 unspecified atom stereocenters. The normalized spacial score (nSPS) is 17.1. The molecule has 0 aliphatic carbocycles. The second-order valence-corrected chi connectivity index (χ2v) is 6.55. The van der Waals surface area contributed by atoms with Gasteiger partial charge in [-0.1, -0.05) is 18.2 Å². The molecule has 6 nitrogen and oxygen atoms in total. The lowest BCUT2D eigenvalue weighted by molar-refractivity contribution is 0.0166. The monoisotopic (exact) mass is 372 g/mol. The highest BCUT2D eigenvalue weighted by atomic mass is 19.1. The Hall–Kier alpha value is -2.51. The minimum absolute atomic E-state index is 0.111. The molecule has 0 radical (unpaired) electrons. The number of ether oxygens (including phenoxy) is 1. The predicted molar refractivity (Wildman–Crippen MR) is 101 cm³/mol. The summed E-state index contributed by atoms with van der Waals surface area (Å²) in [7, 11) is 0. The van der Waals surface area contributed by atoms with Crippen molar-refractivity contribution in [2.75, 3.05) is 32.8 Å². The molecule has 2 N–H and O–H groups in total. The Balaban J connectivity index is 1.62. The van der Waals surface area contributed by atoms with E-state index in [9.17, 15) is 9.18 Å². The molecule has 144 valence electrons. The van der Waals surface area contributed by atoms with Crippen molar-refractivity contribution in [3.05, 3.63) is 65.7 Å². The molecule has 1 aromatic heterocycles. The third kappa shape index (κ3) is 5.48. The average molecular weight is 372 g/mol. The molecule has 0 spiro atoms. The van der Waals surface area contributed by atoms with Gasteiger partial charge in [0.15, 0.2) is 0 Å². The highest BCUT2D eigenvalue weighted by Crippen LogP contribution is 2.22. The lowest BCUT2D eigenvalue weighted by Gasteiger charge is -2.35. The molecule has 2 amide bonds. The number of aromatic nitrogens is 1. The van der Waals surface area contributed by atoms with Gasteiger partial charge in [0.25, 0.3) is 0 Å². The van der Waals surface area contributed by atoms with Crippen molar-refractivity contribution in [3.63, 3.8) is 0 Å². The minimum atomic E-state index is -0.279. The molecule has 3 rings (SSSR count). The Labute approximate surface area is 158 Å². The third-order valence-corrected chi connectivity index (χ3v) is 4.65. The number of benzene rings is 1. The van der Waals surface area contributed by atoms with E-state index in [1.165, 1.54) is 12.1 Å². The Morgan fingerprint density at radius 1 is 1.26 bits per heavy atom. The Bertz CT molecular complexity index is 738. The topological polar surface area (TPSA) is 66.5 Å². The van der Waals surface area contributed by atoms with E-state index in [1.54, 1.807) is 12.3 Å². The van der Waals surface area contributed by atoms with E-state index < -0.39 is 0 Å². The maximum absolute atomic E-state index is 13.7. The standard InChI is InChI=1S/C20H25FN4O2/c1-15(18-7-2-3-8-22-18)24-20(26)23-14-19(25-9-11-27-12-10-25)16-5-4-6-17(21)13-16/h2-8,13,15,19H,9-12,14H2,1H3,(H2,23,24,26). The van der Waals surface area contributed by atoms with Crippen LogP contribution in [-0.2, 0) is 4.74 Å². The van der Waals surface area contributed by atoms with Crippen LogP contribution in [0.1, 0.15) is 30.3 Å². The zero-order chi connectivity index (χ0) is 19.1. The SMILES string of the molecule is CC(NC(=O)NCC(c1cccc(F)c1)N1CCOCC1)c1ccccn1. The number of halogens is 1. The molecule has 2 heterocycles. The van der Waals surface area contributed by atoms with E-state index >= 15 is 0 Å². The number of nitrogens with one attached hydrogen (secondary N) is 2. The number of rotatable bonds is 6. The van der Waals surface area contributed by atoms with Crippen molar-refractivity contribution >= 4 is 6.03 Å². The number of pyridine rings is 1. The van der Waals surface area contributed by atoms with E-state index in [0.717, 1.165) is 24.3 Å². The Morgan fingerprint density at radius 2 is 2.07 bits per heavy atom. The van der Waals surface area contributed by atoms with Gasteiger partial charge in [0.05, 0.1) is 31.0 Å². The Kier molecular flexibility index (Phi) is 6.73. The number of carbonyl (C=O) groups excluding carboxylic acids is 1. The fourth-order valence-electron chi connectivity index (χ4n) is 3.20. The van der Waals surface area contributed by atoms with Crippen LogP contribution in [0.4, 0.5) is 9.18 Å². The van der Waals surface area contributed by atoms with Gasteiger partial charge in [-0.05, 0) is 36.8 Å². The fraction of sp³-hybridized carbons (Fsp3) is 0.400. The summed E-state index contributed by atoms with van der Waals surface area (Å²) in [4.78, 5) is 18.8. The van der Waals surface area contributed by atoms with Crippen LogP contribution in [0.25, 0.3) is 0 Å². The molecule has 1 aliphatic rings. The summed E-state index contributed by atoms with van der Waals surface area (Å²) in [5.41, 5.74) is 1.64. The van der Waals surface area contributed by atoms with Crippen molar-refractivity contribution < 1.29 is 13.9 Å². The first-order chi connectivity index (χ1) is 13.1. The summed E-state index contributed by atoms with van der Waals surface area (Å²) in [6, 6.07) is 11.5. The number of hydrogen-bond acceptors (Lipinski definition) is 4. The van der Waals surface area contributed by atoms with Crippen molar-refractivity contribution in [1.82, 2.24) is 20.5 Å². The van der Waals surface area contributed by atoms with Crippen LogP contribution in [0, 0.1) is 5.82 Å². The molecule has 27 heavy (non-hydrogen) atoms. The second-order valence-electron chi connectivity index (χ2n) is 6.55. The first kappa shape index (κ1) is 19.3. The van der Waals surface area contributed by atoms with Gasteiger partial charge in [0.2, 0.25) is 0 Å². The molecule has 2 aromatic rings. The van der Waals surface area contributed by atoms with E-state index in [-0.39, 0.29) is 23.9 Å². The van der Waals surface area contributed by atoms with Gasteiger partial charge in [-0.25, -0.2) is 9.18 Å². The number of nitrogens with zero attached hydrogens (tertiary/aromatic N) is 2.